The molecule has 0 aliphatic rings. The van der Waals surface area contributed by atoms with Crippen molar-refractivity contribution in [3.63, 3.8) is 0 Å². The molecule has 0 radical (unpaired) electrons. The molecule has 0 saturated carbocycles. The maximum Gasteiger partial charge on any atom is 0.151 e. The molecule has 0 amide bonds. The molecule has 0 unspecified atom stereocenters. The van der Waals surface area contributed by atoms with Crippen LogP contribution in [0.4, 0.5) is 17.3 Å². The van der Waals surface area contributed by atoms with Gasteiger partial charge in [-0.2, -0.15) is 5.26 Å². The predicted molar refractivity (Wildman–Crippen MR) is 82.9 cm³/mol. The number of pyridine rings is 1. The molecule has 0 aliphatic carbocycles. The highest BCUT2D eigenvalue weighted by Crippen LogP contribution is 2.31. The maximum absolute atomic E-state index is 9.07. The molecule has 6 heteroatoms. The number of nitrogens with zero attached hydrogens (tertiary/aromatic N) is 2. The maximum atomic E-state index is 9.07. The number of para-hydroxylation sites is 1. The molecule has 2 aromatic rings. The van der Waals surface area contributed by atoms with Crippen molar-refractivity contribution in [3.8, 4) is 6.07 Å². The fourth-order valence-electron chi connectivity index (χ4n) is 1.66. The second-order valence-electron chi connectivity index (χ2n) is 3.96. The molecule has 1 heterocycles. The van der Waals surface area contributed by atoms with Crippen LogP contribution in [0.1, 0.15) is 12.5 Å². The van der Waals surface area contributed by atoms with Gasteiger partial charge >= 0.3 is 0 Å². The second kappa shape index (κ2) is 6.47. The van der Waals surface area contributed by atoms with E-state index < -0.39 is 0 Å². The molecule has 0 atom stereocenters. The number of hydrogen-bond donors (Lipinski definition) is 2. The lowest BCUT2D eigenvalue weighted by atomic mass is 10.2. The highest BCUT2D eigenvalue weighted by Gasteiger charge is 2.10. The molecule has 4 nitrogen and oxygen atoms in total. The standard InChI is InChI=1S/C14H12Cl2N4/c1-2-18-13-10(15)7-11(16)14(20-13)19-12-6-4-3-5-9(12)8-17/h3-7H,2H2,1H3,(H2,18,19,20). The first kappa shape index (κ1) is 14.4. The lowest BCUT2D eigenvalue weighted by molar-refractivity contribution is 1.16. The Morgan fingerprint density at radius 2 is 1.90 bits per heavy atom. The number of aromatic nitrogens is 1. The van der Waals surface area contributed by atoms with E-state index in [0.29, 0.717) is 39.5 Å². The predicted octanol–water partition coefficient (Wildman–Crippen LogP) is 4.44. The number of benzene rings is 1. The van der Waals surface area contributed by atoms with E-state index >= 15 is 0 Å². The summed E-state index contributed by atoms with van der Waals surface area (Å²) < 4.78 is 0. The fourth-order valence-corrected chi connectivity index (χ4v) is 2.14. The number of hydrogen-bond acceptors (Lipinski definition) is 4. The first-order valence-electron chi connectivity index (χ1n) is 6.01. The Labute approximate surface area is 127 Å². The minimum absolute atomic E-state index is 0.393. The van der Waals surface area contributed by atoms with Crippen molar-refractivity contribution in [2.45, 2.75) is 6.92 Å². The van der Waals surface area contributed by atoms with Gasteiger partial charge in [0.1, 0.15) is 11.9 Å². The molecule has 0 spiro atoms. The van der Waals surface area contributed by atoms with Gasteiger partial charge in [0.2, 0.25) is 0 Å². The molecule has 102 valence electrons. The average molecular weight is 307 g/mol. The first-order chi connectivity index (χ1) is 9.65. The van der Waals surface area contributed by atoms with Crippen LogP contribution in [0.25, 0.3) is 0 Å². The topological polar surface area (TPSA) is 60.7 Å². The van der Waals surface area contributed by atoms with E-state index in [1.54, 1.807) is 24.3 Å². The number of halogens is 2. The van der Waals surface area contributed by atoms with Crippen LogP contribution in [-0.2, 0) is 0 Å². The van der Waals surface area contributed by atoms with Crippen molar-refractivity contribution < 1.29 is 0 Å². The highest BCUT2D eigenvalue weighted by molar-refractivity contribution is 6.37. The zero-order chi connectivity index (χ0) is 14.5. The zero-order valence-electron chi connectivity index (χ0n) is 10.7. The van der Waals surface area contributed by atoms with Crippen molar-refractivity contribution in [1.82, 2.24) is 4.98 Å². The van der Waals surface area contributed by atoms with Crippen molar-refractivity contribution in [1.29, 1.82) is 5.26 Å². The summed E-state index contributed by atoms with van der Waals surface area (Å²) in [6, 6.07) is 10.9. The van der Waals surface area contributed by atoms with Crippen molar-refractivity contribution in [3.05, 3.63) is 45.9 Å². The van der Waals surface area contributed by atoms with Gasteiger partial charge in [0, 0.05) is 6.54 Å². The molecular weight excluding hydrogens is 295 g/mol. The minimum atomic E-state index is 0.393. The van der Waals surface area contributed by atoms with Gasteiger partial charge in [0.25, 0.3) is 0 Å². The van der Waals surface area contributed by atoms with Crippen LogP contribution in [-0.4, -0.2) is 11.5 Å². The summed E-state index contributed by atoms with van der Waals surface area (Å²) in [5.41, 5.74) is 1.17. The van der Waals surface area contributed by atoms with Gasteiger partial charge in [-0.05, 0) is 25.1 Å². The molecule has 0 aliphatic heterocycles. The van der Waals surface area contributed by atoms with Crippen LogP contribution in [0.2, 0.25) is 10.0 Å². The molecular formula is C14H12Cl2N4. The Morgan fingerprint density at radius 1 is 1.20 bits per heavy atom. The molecule has 0 saturated heterocycles. The Bertz CT molecular complexity index is 665. The van der Waals surface area contributed by atoms with Gasteiger partial charge in [-0.1, -0.05) is 35.3 Å². The van der Waals surface area contributed by atoms with E-state index in [1.807, 2.05) is 13.0 Å². The van der Waals surface area contributed by atoms with E-state index in [0.717, 1.165) is 0 Å². The SMILES string of the molecule is CCNc1nc(Nc2ccccc2C#N)c(Cl)cc1Cl. The Kier molecular flexibility index (Phi) is 4.67. The van der Waals surface area contributed by atoms with Crippen LogP contribution >= 0.6 is 23.2 Å². The third kappa shape index (κ3) is 3.13. The fraction of sp³-hybridized carbons (Fsp3) is 0.143. The van der Waals surface area contributed by atoms with E-state index in [2.05, 4.69) is 21.7 Å². The van der Waals surface area contributed by atoms with Crippen molar-refractivity contribution in [2.75, 3.05) is 17.2 Å². The van der Waals surface area contributed by atoms with Gasteiger partial charge in [0.05, 0.1) is 21.3 Å². The number of nitrogens with one attached hydrogen (secondary N) is 2. The number of rotatable bonds is 4. The third-order valence-electron chi connectivity index (χ3n) is 2.57. The summed E-state index contributed by atoms with van der Waals surface area (Å²) in [6.45, 7) is 2.65. The molecule has 2 N–H and O–H groups in total. The average Bonchev–Trinajstić information content (AvgIpc) is 2.45. The van der Waals surface area contributed by atoms with Crippen LogP contribution in [0.15, 0.2) is 30.3 Å². The van der Waals surface area contributed by atoms with Gasteiger partial charge in [-0.15, -0.1) is 0 Å². The van der Waals surface area contributed by atoms with Gasteiger partial charge in [-0.25, -0.2) is 4.98 Å². The summed E-state index contributed by atoms with van der Waals surface area (Å²) in [5, 5.41) is 16.0. The lowest BCUT2D eigenvalue weighted by Gasteiger charge is -2.12. The largest absolute Gasteiger partial charge is 0.369 e. The molecule has 1 aromatic heterocycles. The Balaban J connectivity index is 2.38. The van der Waals surface area contributed by atoms with Gasteiger partial charge in [-0.3, -0.25) is 0 Å². The monoisotopic (exact) mass is 306 g/mol. The Morgan fingerprint density at radius 3 is 2.60 bits per heavy atom. The molecule has 0 bridgehead atoms. The highest BCUT2D eigenvalue weighted by atomic mass is 35.5. The number of nitriles is 1. The normalized spacial score (nSPS) is 9.90. The van der Waals surface area contributed by atoms with Crippen molar-refractivity contribution in [2.24, 2.45) is 0 Å². The third-order valence-corrected chi connectivity index (χ3v) is 3.15. The smallest absolute Gasteiger partial charge is 0.151 e. The molecule has 20 heavy (non-hydrogen) atoms. The summed E-state index contributed by atoms with van der Waals surface area (Å²) in [7, 11) is 0. The van der Waals surface area contributed by atoms with Crippen LogP contribution in [0, 0.1) is 11.3 Å². The zero-order valence-corrected chi connectivity index (χ0v) is 12.3. The minimum Gasteiger partial charge on any atom is -0.369 e. The van der Waals surface area contributed by atoms with Gasteiger partial charge in [0.15, 0.2) is 5.82 Å². The Hall–Kier alpha value is -1.96. The van der Waals surface area contributed by atoms with E-state index in [1.165, 1.54) is 0 Å². The summed E-state index contributed by atoms with van der Waals surface area (Å²) >= 11 is 12.2. The molecule has 0 fully saturated rings. The lowest BCUT2D eigenvalue weighted by Crippen LogP contribution is -2.03. The van der Waals surface area contributed by atoms with Crippen LogP contribution < -0.4 is 10.6 Å². The molecule has 2 rings (SSSR count). The van der Waals surface area contributed by atoms with Gasteiger partial charge < -0.3 is 10.6 Å². The summed E-state index contributed by atoms with van der Waals surface area (Å²) in [4.78, 5) is 4.34. The van der Waals surface area contributed by atoms with E-state index in [9.17, 15) is 0 Å². The number of anilines is 3. The quantitative estimate of drug-likeness (QED) is 0.877. The summed E-state index contributed by atoms with van der Waals surface area (Å²) in [6.07, 6.45) is 0. The van der Waals surface area contributed by atoms with Crippen molar-refractivity contribution >= 4 is 40.5 Å². The second-order valence-corrected chi connectivity index (χ2v) is 4.78. The molecule has 1 aromatic carbocycles. The summed E-state index contributed by atoms with van der Waals surface area (Å²) in [5.74, 6) is 1.00. The first-order valence-corrected chi connectivity index (χ1v) is 6.77. The van der Waals surface area contributed by atoms with Crippen LogP contribution in [0.3, 0.4) is 0 Å². The van der Waals surface area contributed by atoms with E-state index in [-0.39, 0.29) is 0 Å². The van der Waals surface area contributed by atoms with E-state index in [4.69, 9.17) is 28.5 Å². The van der Waals surface area contributed by atoms with Crippen LogP contribution in [0.5, 0.6) is 0 Å².